The average molecular weight is 269 g/mol. The first-order valence-electron chi connectivity index (χ1n) is 5.17. The molecule has 2 N–H and O–H groups in total. The molecule has 0 spiro atoms. The van der Waals surface area contributed by atoms with Crippen molar-refractivity contribution < 1.29 is 12.8 Å². The molecular formula is C11H12FN3O2S. The molecule has 7 heteroatoms. The summed E-state index contributed by atoms with van der Waals surface area (Å²) in [5, 5.41) is 2.82. The van der Waals surface area contributed by atoms with Crippen molar-refractivity contribution in [1.82, 2.24) is 9.97 Å². The number of benzene rings is 1. The van der Waals surface area contributed by atoms with Crippen LogP contribution in [-0.2, 0) is 16.4 Å². The molecular weight excluding hydrogens is 257 g/mol. The quantitative estimate of drug-likeness (QED) is 0.826. The summed E-state index contributed by atoms with van der Waals surface area (Å²) >= 11 is 0. The fourth-order valence-electron chi connectivity index (χ4n) is 1.44. The summed E-state index contributed by atoms with van der Waals surface area (Å²) in [5.41, 5.74) is 0.923. The molecule has 18 heavy (non-hydrogen) atoms. The van der Waals surface area contributed by atoms with E-state index in [1.807, 2.05) is 0 Å². The Morgan fingerprint density at radius 3 is 2.83 bits per heavy atom. The molecule has 0 unspecified atom stereocenters. The normalized spacial score (nSPS) is 11.4. The van der Waals surface area contributed by atoms with Gasteiger partial charge in [0.05, 0.1) is 29.1 Å². The van der Waals surface area contributed by atoms with E-state index in [4.69, 9.17) is 0 Å². The van der Waals surface area contributed by atoms with E-state index >= 15 is 0 Å². The predicted molar refractivity (Wildman–Crippen MR) is 65.4 cm³/mol. The fraction of sp³-hybridized carbons (Fsp3) is 0.182. The number of nitrogens with one attached hydrogen (secondary N) is 2. The molecule has 0 bridgehead atoms. The highest BCUT2D eigenvalue weighted by Crippen LogP contribution is 2.19. The highest BCUT2D eigenvalue weighted by Gasteiger charge is 2.10. The summed E-state index contributed by atoms with van der Waals surface area (Å²) in [5.74, 6) is -0.498. The fourth-order valence-corrected chi connectivity index (χ4v) is 2.09. The van der Waals surface area contributed by atoms with Crippen LogP contribution in [0.3, 0.4) is 0 Å². The van der Waals surface area contributed by atoms with Crippen LogP contribution in [0.1, 0.15) is 5.69 Å². The van der Waals surface area contributed by atoms with E-state index in [1.54, 1.807) is 6.20 Å². The first kappa shape index (κ1) is 12.6. The Morgan fingerprint density at radius 1 is 1.44 bits per heavy atom. The van der Waals surface area contributed by atoms with Gasteiger partial charge in [0.25, 0.3) is 0 Å². The van der Waals surface area contributed by atoms with Gasteiger partial charge in [0.1, 0.15) is 5.82 Å². The summed E-state index contributed by atoms with van der Waals surface area (Å²) in [6, 6.07) is 3.65. The summed E-state index contributed by atoms with van der Waals surface area (Å²) in [4.78, 5) is 6.77. The molecule has 96 valence electrons. The van der Waals surface area contributed by atoms with Gasteiger partial charge in [-0.05, 0) is 18.2 Å². The van der Waals surface area contributed by atoms with E-state index in [0.717, 1.165) is 18.0 Å². The van der Waals surface area contributed by atoms with Crippen LogP contribution in [0.4, 0.5) is 10.1 Å². The number of halogens is 1. The van der Waals surface area contributed by atoms with Crippen LogP contribution in [0.25, 0.3) is 0 Å². The molecule has 0 fully saturated rings. The Labute approximate surface area is 104 Å². The van der Waals surface area contributed by atoms with Crippen molar-refractivity contribution in [3.8, 4) is 0 Å². The minimum absolute atomic E-state index is 0.0796. The maximum absolute atomic E-state index is 13.5. The zero-order valence-electron chi connectivity index (χ0n) is 9.64. The van der Waals surface area contributed by atoms with Crippen molar-refractivity contribution in [3.05, 3.63) is 42.2 Å². The van der Waals surface area contributed by atoms with Crippen LogP contribution < -0.4 is 5.32 Å². The number of aromatic nitrogens is 2. The van der Waals surface area contributed by atoms with E-state index in [2.05, 4.69) is 15.3 Å². The van der Waals surface area contributed by atoms with Crippen LogP contribution in [-0.4, -0.2) is 24.6 Å². The number of anilines is 1. The Kier molecular flexibility index (Phi) is 3.33. The van der Waals surface area contributed by atoms with E-state index in [-0.39, 0.29) is 10.6 Å². The van der Waals surface area contributed by atoms with Gasteiger partial charge in [0.2, 0.25) is 0 Å². The molecule has 0 saturated heterocycles. The molecule has 2 rings (SSSR count). The minimum Gasteiger partial charge on any atom is -0.377 e. The van der Waals surface area contributed by atoms with Gasteiger partial charge in [-0.2, -0.15) is 0 Å². The molecule has 0 aliphatic carbocycles. The van der Waals surface area contributed by atoms with Gasteiger partial charge in [-0.3, -0.25) is 0 Å². The molecule has 0 aliphatic heterocycles. The topological polar surface area (TPSA) is 74.8 Å². The van der Waals surface area contributed by atoms with E-state index < -0.39 is 15.7 Å². The van der Waals surface area contributed by atoms with Crippen molar-refractivity contribution in [1.29, 1.82) is 0 Å². The zero-order chi connectivity index (χ0) is 13.2. The summed E-state index contributed by atoms with van der Waals surface area (Å²) in [6.45, 7) is 0.337. The van der Waals surface area contributed by atoms with Gasteiger partial charge in [0, 0.05) is 12.5 Å². The lowest BCUT2D eigenvalue weighted by molar-refractivity contribution is 0.600. The lowest BCUT2D eigenvalue weighted by Gasteiger charge is -2.08. The molecule has 1 heterocycles. The highest BCUT2D eigenvalue weighted by atomic mass is 32.2. The number of rotatable bonds is 4. The zero-order valence-corrected chi connectivity index (χ0v) is 10.5. The van der Waals surface area contributed by atoms with Gasteiger partial charge < -0.3 is 10.3 Å². The molecule has 0 radical (unpaired) electrons. The Morgan fingerprint density at radius 2 is 2.22 bits per heavy atom. The second kappa shape index (κ2) is 4.77. The van der Waals surface area contributed by atoms with Crippen LogP contribution in [0.2, 0.25) is 0 Å². The Bertz CT molecular complexity index is 638. The van der Waals surface area contributed by atoms with Crippen LogP contribution >= 0.6 is 0 Å². The molecule has 0 amide bonds. The number of aromatic amines is 1. The monoisotopic (exact) mass is 269 g/mol. The molecule has 1 aromatic heterocycles. The summed E-state index contributed by atoms with van der Waals surface area (Å²) in [6.07, 6.45) is 4.20. The van der Waals surface area contributed by atoms with Crippen molar-refractivity contribution in [2.75, 3.05) is 11.6 Å². The van der Waals surface area contributed by atoms with Crippen LogP contribution in [0.5, 0.6) is 0 Å². The number of hydrogen-bond acceptors (Lipinski definition) is 4. The number of sulfone groups is 1. The molecule has 0 saturated carbocycles. The third-order valence-electron chi connectivity index (χ3n) is 2.39. The third kappa shape index (κ3) is 2.86. The minimum atomic E-state index is -3.34. The van der Waals surface area contributed by atoms with Crippen molar-refractivity contribution in [2.45, 2.75) is 11.4 Å². The van der Waals surface area contributed by atoms with E-state index in [9.17, 15) is 12.8 Å². The molecule has 0 atom stereocenters. The van der Waals surface area contributed by atoms with Gasteiger partial charge in [-0.15, -0.1) is 0 Å². The van der Waals surface area contributed by atoms with Gasteiger partial charge >= 0.3 is 0 Å². The average Bonchev–Trinajstić information content (AvgIpc) is 2.79. The van der Waals surface area contributed by atoms with Crippen molar-refractivity contribution >= 4 is 15.5 Å². The first-order chi connectivity index (χ1) is 8.47. The molecule has 0 aliphatic rings. The maximum atomic E-state index is 13.5. The SMILES string of the molecule is CS(=O)(=O)c1ccc(F)c(NCc2cnc[nH]2)c1. The molecule has 5 nitrogen and oxygen atoms in total. The standard InChI is InChI=1S/C11H12FN3O2S/c1-18(16,17)9-2-3-10(12)11(4-9)14-6-8-5-13-7-15-8/h2-5,7,14H,6H2,1H3,(H,13,15). The second-order valence-corrected chi connectivity index (χ2v) is 5.86. The third-order valence-corrected chi connectivity index (χ3v) is 3.50. The van der Waals surface area contributed by atoms with Crippen LogP contribution in [0.15, 0.2) is 35.6 Å². The number of imidazole rings is 1. The summed E-state index contributed by atoms with van der Waals surface area (Å²) in [7, 11) is -3.34. The summed E-state index contributed by atoms with van der Waals surface area (Å²) < 4.78 is 36.2. The van der Waals surface area contributed by atoms with Gasteiger partial charge in [-0.1, -0.05) is 0 Å². The lowest BCUT2D eigenvalue weighted by atomic mass is 10.3. The van der Waals surface area contributed by atoms with Crippen molar-refractivity contribution in [3.63, 3.8) is 0 Å². The van der Waals surface area contributed by atoms with Crippen LogP contribution in [0, 0.1) is 5.82 Å². The predicted octanol–water partition coefficient (Wildman–Crippen LogP) is 1.56. The van der Waals surface area contributed by atoms with E-state index in [0.29, 0.717) is 6.54 Å². The number of hydrogen-bond donors (Lipinski definition) is 2. The largest absolute Gasteiger partial charge is 0.377 e. The lowest BCUT2D eigenvalue weighted by Crippen LogP contribution is -2.04. The number of nitrogens with zero attached hydrogens (tertiary/aromatic N) is 1. The van der Waals surface area contributed by atoms with Gasteiger partial charge in [0.15, 0.2) is 9.84 Å². The Balaban J connectivity index is 2.22. The van der Waals surface area contributed by atoms with E-state index in [1.165, 1.54) is 18.5 Å². The smallest absolute Gasteiger partial charge is 0.175 e. The maximum Gasteiger partial charge on any atom is 0.175 e. The highest BCUT2D eigenvalue weighted by molar-refractivity contribution is 7.90. The first-order valence-corrected chi connectivity index (χ1v) is 7.06. The number of H-pyrrole nitrogens is 1. The molecule has 2 aromatic rings. The Hall–Kier alpha value is -1.89. The molecule has 1 aromatic carbocycles. The second-order valence-electron chi connectivity index (χ2n) is 3.84. The van der Waals surface area contributed by atoms with Gasteiger partial charge in [-0.25, -0.2) is 17.8 Å². The van der Waals surface area contributed by atoms with Crippen molar-refractivity contribution in [2.24, 2.45) is 0 Å².